The van der Waals surface area contributed by atoms with Gasteiger partial charge in [0, 0.05) is 11.3 Å². The summed E-state index contributed by atoms with van der Waals surface area (Å²) in [6.07, 6.45) is 0. The van der Waals surface area contributed by atoms with Crippen LogP contribution in [-0.2, 0) is 5.75 Å². The molecule has 0 atom stereocenters. The fourth-order valence-corrected chi connectivity index (χ4v) is 3.45. The maximum absolute atomic E-state index is 6.26. The first-order valence-electron chi connectivity index (χ1n) is 7.80. The topological polar surface area (TPSA) is 57.4 Å². The molecular weight excluding hydrogens is 360 g/mol. The number of thioether (sulfide) groups is 1. The molecule has 0 bridgehead atoms. The zero-order valence-corrected chi connectivity index (χ0v) is 15.1. The molecule has 0 fully saturated rings. The third-order valence-electron chi connectivity index (χ3n) is 3.72. The first kappa shape index (κ1) is 16.3. The Labute approximate surface area is 154 Å². The summed E-state index contributed by atoms with van der Waals surface area (Å²) in [5.41, 5.74) is 3.11. The Balaban J connectivity index is 1.47. The third kappa shape index (κ3) is 3.60. The van der Waals surface area contributed by atoms with Crippen molar-refractivity contribution in [1.82, 2.24) is 10.2 Å². The number of nitrogens with zero attached hydrogens (tertiary/aromatic N) is 2. The van der Waals surface area contributed by atoms with Gasteiger partial charge in [0.15, 0.2) is 11.5 Å². The lowest BCUT2D eigenvalue weighted by atomic mass is 10.1. The van der Waals surface area contributed by atoms with E-state index in [9.17, 15) is 0 Å². The summed E-state index contributed by atoms with van der Waals surface area (Å²) in [6, 6.07) is 11.8. The van der Waals surface area contributed by atoms with Gasteiger partial charge < -0.3 is 13.9 Å². The van der Waals surface area contributed by atoms with Crippen LogP contribution in [0.5, 0.6) is 11.5 Å². The molecule has 1 aliphatic rings. The number of aryl methyl sites for hydroxylation is 1. The molecule has 7 heteroatoms. The zero-order valence-electron chi connectivity index (χ0n) is 13.5. The Bertz CT molecular complexity index is 896. The number of ether oxygens (including phenoxy) is 2. The van der Waals surface area contributed by atoms with Crippen LogP contribution in [0, 0.1) is 6.92 Å². The summed E-state index contributed by atoms with van der Waals surface area (Å²) in [4.78, 5) is 0. The van der Waals surface area contributed by atoms with Gasteiger partial charge in [-0.15, -0.1) is 10.2 Å². The van der Waals surface area contributed by atoms with Crippen LogP contribution in [0.25, 0.3) is 11.5 Å². The van der Waals surface area contributed by atoms with E-state index in [0.717, 1.165) is 11.1 Å². The van der Waals surface area contributed by atoms with Crippen molar-refractivity contribution in [3.8, 4) is 23.0 Å². The van der Waals surface area contributed by atoms with Crippen LogP contribution in [0.15, 0.2) is 46.0 Å². The van der Waals surface area contributed by atoms with Crippen LogP contribution in [0.2, 0.25) is 5.02 Å². The summed E-state index contributed by atoms with van der Waals surface area (Å²) in [6.45, 7) is 3.09. The summed E-state index contributed by atoms with van der Waals surface area (Å²) in [5, 5.41) is 9.27. The van der Waals surface area contributed by atoms with E-state index in [1.54, 1.807) is 0 Å². The minimum atomic E-state index is 0.515. The molecule has 4 rings (SSSR count). The minimum absolute atomic E-state index is 0.515. The molecule has 1 aromatic heterocycles. The molecule has 25 heavy (non-hydrogen) atoms. The molecule has 0 aliphatic carbocycles. The van der Waals surface area contributed by atoms with Crippen molar-refractivity contribution in [1.29, 1.82) is 0 Å². The van der Waals surface area contributed by atoms with E-state index >= 15 is 0 Å². The van der Waals surface area contributed by atoms with Crippen LogP contribution in [-0.4, -0.2) is 23.4 Å². The number of aromatic nitrogens is 2. The molecule has 128 valence electrons. The van der Waals surface area contributed by atoms with E-state index in [4.69, 9.17) is 25.5 Å². The average molecular weight is 375 g/mol. The standard InChI is InChI=1S/C18H15ClN2O3S/c1-11-2-4-13(5-3-11)17-20-21-18(24-17)25-10-12-8-14(19)16-15(9-12)22-6-7-23-16/h2-5,8-9H,6-7,10H2,1H3. The van der Waals surface area contributed by atoms with Gasteiger partial charge in [0.2, 0.25) is 5.89 Å². The van der Waals surface area contributed by atoms with Crippen LogP contribution in [0.3, 0.4) is 0 Å². The maximum Gasteiger partial charge on any atom is 0.277 e. The van der Waals surface area contributed by atoms with Gasteiger partial charge in [0.25, 0.3) is 5.22 Å². The summed E-state index contributed by atoms with van der Waals surface area (Å²) in [5.74, 6) is 2.45. The van der Waals surface area contributed by atoms with Gasteiger partial charge in [0.05, 0.1) is 5.02 Å². The Hall–Kier alpha value is -2.18. The number of halogens is 1. The first-order valence-corrected chi connectivity index (χ1v) is 9.17. The SMILES string of the molecule is Cc1ccc(-c2nnc(SCc3cc(Cl)c4c(c3)OCCO4)o2)cc1. The number of fused-ring (bicyclic) bond motifs is 1. The van der Waals surface area contributed by atoms with Gasteiger partial charge in [-0.05, 0) is 36.8 Å². The van der Waals surface area contributed by atoms with E-state index in [2.05, 4.69) is 10.2 Å². The van der Waals surface area contributed by atoms with Gasteiger partial charge >= 0.3 is 0 Å². The van der Waals surface area contributed by atoms with Crippen LogP contribution in [0.4, 0.5) is 0 Å². The van der Waals surface area contributed by atoms with E-state index in [1.165, 1.54) is 17.3 Å². The first-order chi connectivity index (χ1) is 12.2. The average Bonchev–Trinajstić information content (AvgIpc) is 3.10. The van der Waals surface area contributed by atoms with Crippen molar-refractivity contribution >= 4 is 23.4 Å². The molecule has 2 aromatic carbocycles. The molecule has 0 N–H and O–H groups in total. The highest BCUT2D eigenvalue weighted by molar-refractivity contribution is 7.98. The highest BCUT2D eigenvalue weighted by Crippen LogP contribution is 2.39. The Morgan fingerprint density at radius 2 is 1.88 bits per heavy atom. The van der Waals surface area contributed by atoms with Gasteiger partial charge in [-0.1, -0.05) is 41.1 Å². The minimum Gasteiger partial charge on any atom is -0.486 e. The third-order valence-corrected chi connectivity index (χ3v) is 4.89. The molecule has 0 spiro atoms. The van der Waals surface area contributed by atoms with Crippen LogP contribution >= 0.6 is 23.4 Å². The highest BCUT2D eigenvalue weighted by atomic mass is 35.5. The van der Waals surface area contributed by atoms with Crippen molar-refractivity contribution in [3.05, 3.63) is 52.5 Å². The van der Waals surface area contributed by atoms with E-state index < -0.39 is 0 Å². The van der Waals surface area contributed by atoms with Gasteiger partial charge in [-0.25, -0.2) is 0 Å². The Morgan fingerprint density at radius 1 is 1.08 bits per heavy atom. The quantitative estimate of drug-likeness (QED) is 0.613. The van der Waals surface area contributed by atoms with Crippen molar-refractivity contribution in [2.24, 2.45) is 0 Å². The lowest BCUT2D eigenvalue weighted by Crippen LogP contribution is -2.15. The Kier molecular flexibility index (Phi) is 4.55. The second-order valence-electron chi connectivity index (χ2n) is 5.63. The number of benzene rings is 2. The van der Waals surface area contributed by atoms with Crippen molar-refractivity contribution in [2.45, 2.75) is 17.9 Å². The maximum atomic E-state index is 6.26. The highest BCUT2D eigenvalue weighted by Gasteiger charge is 2.17. The molecular formula is C18H15ClN2O3S. The van der Waals surface area contributed by atoms with E-state index in [1.807, 2.05) is 43.3 Å². The van der Waals surface area contributed by atoms with Crippen LogP contribution in [0.1, 0.15) is 11.1 Å². The molecule has 0 saturated carbocycles. The van der Waals surface area contributed by atoms with Gasteiger partial charge in [0.1, 0.15) is 13.2 Å². The lowest BCUT2D eigenvalue weighted by molar-refractivity contribution is 0.171. The predicted molar refractivity (Wildman–Crippen MR) is 96.5 cm³/mol. The Morgan fingerprint density at radius 3 is 2.72 bits per heavy atom. The second kappa shape index (κ2) is 6.98. The van der Waals surface area contributed by atoms with Crippen molar-refractivity contribution in [3.63, 3.8) is 0 Å². The summed E-state index contributed by atoms with van der Waals surface area (Å²) >= 11 is 7.72. The fraction of sp³-hybridized carbons (Fsp3) is 0.222. The number of hydrogen-bond acceptors (Lipinski definition) is 6. The number of rotatable bonds is 4. The zero-order chi connectivity index (χ0) is 17.2. The lowest BCUT2D eigenvalue weighted by Gasteiger charge is -2.20. The monoisotopic (exact) mass is 374 g/mol. The molecule has 5 nitrogen and oxygen atoms in total. The molecule has 0 amide bonds. The summed E-state index contributed by atoms with van der Waals surface area (Å²) < 4.78 is 16.9. The molecule has 0 radical (unpaired) electrons. The van der Waals surface area contributed by atoms with Gasteiger partial charge in [-0.3, -0.25) is 0 Å². The van der Waals surface area contributed by atoms with E-state index in [-0.39, 0.29) is 0 Å². The van der Waals surface area contributed by atoms with E-state index in [0.29, 0.717) is 46.6 Å². The van der Waals surface area contributed by atoms with Gasteiger partial charge in [-0.2, -0.15) is 0 Å². The molecule has 3 aromatic rings. The smallest absolute Gasteiger partial charge is 0.277 e. The molecule has 2 heterocycles. The largest absolute Gasteiger partial charge is 0.486 e. The molecule has 1 aliphatic heterocycles. The second-order valence-corrected chi connectivity index (χ2v) is 6.96. The fourth-order valence-electron chi connectivity index (χ4n) is 2.47. The van der Waals surface area contributed by atoms with Crippen molar-refractivity contribution < 1.29 is 13.9 Å². The van der Waals surface area contributed by atoms with Crippen molar-refractivity contribution in [2.75, 3.05) is 13.2 Å². The number of hydrogen-bond donors (Lipinski definition) is 0. The normalized spacial score (nSPS) is 13.0. The molecule has 0 saturated heterocycles. The summed E-state index contributed by atoms with van der Waals surface area (Å²) in [7, 11) is 0. The van der Waals surface area contributed by atoms with Crippen LogP contribution < -0.4 is 9.47 Å². The molecule has 0 unspecified atom stereocenters. The predicted octanol–water partition coefficient (Wildman–Crippen LogP) is 4.76.